The van der Waals surface area contributed by atoms with Gasteiger partial charge in [-0.05, 0) is 26.3 Å². The first-order valence-electron chi connectivity index (χ1n) is 9.82. The monoisotopic (exact) mass is 429 g/mol. The van der Waals surface area contributed by atoms with Crippen molar-refractivity contribution in [1.29, 1.82) is 0 Å². The molecule has 9 nitrogen and oxygen atoms in total. The molecule has 4 heterocycles. The van der Waals surface area contributed by atoms with Crippen molar-refractivity contribution >= 4 is 33.4 Å². The van der Waals surface area contributed by atoms with Gasteiger partial charge >= 0.3 is 0 Å². The summed E-state index contributed by atoms with van der Waals surface area (Å²) in [6.45, 7) is 7.46. The van der Waals surface area contributed by atoms with Crippen molar-refractivity contribution in [3.05, 3.63) is 44.1 Å². The Morgan fingerprint density at radius 3 is 2.53 bits per heavy atom. The molecule has 1 saturated heterocycles. The Labute approximate surface area is 176 Å². The van der Waals surface area contributed by atoms with E-state index in [0.717, 1.165) is 10.4 Å². The van der Waals surface area contributed by atoms with Gasteiger partial charge < -0.3 is 19.3 Å². The van der Waals surface area contributed by atoms with E-state index in [1.54, 1.807) is 22.8 Å². The lowest BCUT2D eigenvalue weighted by molar-refractivity contribution is -0.132. The van der Waals surface area contributed by atoms with E-state index in [1.807, 2.05) is 13.8 Å². The van der Waals surface area contributed by atoms with E-state index in [4.69, 9.17) is 4.52 Å². The van der Waals surface area contributed by atoms with Crippen molar-refractivity contribution in [3.8, 4) is 0 Å². The zero-order chi connectivity index (χ0) is 21.4. The molecule has 1 aliphatic rings. The predicted octanol–water partition coefficient (Wildman–Crippen LogP) is 1.82. The summed E-state index contributed by atoms with van der Waals surface area (Å²) in [5, 5.41) is 4.38. The zero-order valence-electron chi connectivity index (χ0n) is 17.2. The second-order valence-corrected chi connectivity index (χ2v) is 8.68. The molecule has 2 amide bonds. The van der Waals surface area contributed by atoms with E-state index in [9.17, 15) is 14.4 Å². The number of nitrogens with zero attached hydrogens (tertiary/aromatic N) is 4. The standard InChI is InChI=1S/C20H23N5O4S/c1-11-10-14(29-23-11)20(28)25-8-6-24(7-9-25)16(26)5-4-15-21-18(27)17-12(2)13(3)30-19(17)22-15/h10H,4-9H2,1-3H3,(H,21,22,27). The summed E-state index contributed by atoms with van der Waals surface area (Å²) in [6, 6.07) is 1.61. The van der Waals surface area contributed by atoms with Crippen LogP contribution in [-0.2, 0) is 11.2 Å². The van der Waals surface area contributed by atoms with Crippen LogP contribution in [0.25, 0.3) is 10.2 Å². The summed E-state index contributed by atoms with van der Waals surface area (Å²) in [4.78, 5) is 49.9. The fraction of sp³-hybridized carbons (Fsp3) is 0.450. The van der Waals surface area contributed by atoms with Gasteiger partial charge in [0, 0.05) is 50.0 Å². The number of piperazine rings is 1. The van der Waals surface area contributed by atoms with E-state index in [-0.39, 0.29) is 29.6 Å². The molecule has 3 aromatic rings. The highest BCUT2D eigenvalue weighted by molar-refractivity contribution is 7.18. The molecule has 10 heteroatoms. The largest absolute Gasteiger partial charge is 0.351 e. The van der Waals surface area contributed by atoms with Crippen molar-refractivity contribution in [2.45, 2.75) is 33.6 Å². The van der Waals surface area contributed by atoms with E-state index in [0.29, 0.717) is 54.3 Å². The lowest BCUT2D eigenvalue weighted by atomic mass is 10.2. The number of amides is 2. The van der Waals surface area contributed by atoms with Gasteiger partial charge in [-0.25, -0.2) is 4.98 Å². The Morgan fingerprint density at radius 2 is 1.87 bits per heavy atom. The van der Waals surface area contributed by atoms with Crippen LogP contribution in [0.3, 0.4) is 0 Å². The van der Waals surface area contributed by atoms with Crippen LogP contribution in [0.1, 0.15) is 38.9 Å². The Bertz CT molecular complexity index is 1170. The van der Waals surface area contributed by atoms with Gasteiger partial charge in [0.15, 0.2) is 0 Å². The fourth-order valence-corrected chi connectivity index (χ4v) is 4.63. The quantitative estimate of drug-likeness (QED) is 0.677. The third-order valence-corrected chi connectivity index (χ3v) is 6.52. The molecule has 0 spiro atoms. The molecule has 0 bridgehead atoms. The molecule has 0 unspecified atom stereocenters. The molecule has 0 saturated carbocycles. The number of fused-ring (bicyclic) bond motifs is 1. The zero-order valence-corrected chi connectivity index (χ0v) is 18.0. The second-order valence-electron chi connectivity index (χ2n) is 7.48. The van der Waals surface area contributed by atoms with Crippen molar-refractivity contribution < 1.29 is 14.1 Å². The highest BCUT2D eigenvalue weighted by atomic mass is 32.1. The SMILES string of the molecule is Cc1cc(C(=O)N2CCN(C(=O)CCc3nc4sc(C)c(C)c4c(=O)[nH]3)CC2)on1. The summed E-state index contributed by atoms with van der Waals surface area (Å²) in [5.41, 5.74) is 1.46. The molecule has 0 atom stereocenters. The number of H-pyrrole nitrogens is 1. The number of carbonyl (C=O) groups excluding carboxylic acids is 2. The Balaban J connectivity index is 1.34. The summed E-state index contributed by atoms with van der Waals surface area (Å²) in [5.74, 6) is 0.520. The third kappa shape index (κ3) is 3.87. The maximum atomic E-state index is 12.6. The minimum atomic E-state index is -0.209. The van der Waals surface area contributed by atoms with Crippen LogP contribution in [0.15, 0.2) is 15.4 Å². The Kier molecular flexibility index (Phi) is 5.42. The Hall–Kier alpha value is -3.01. The fourth-order valence-electron chi connectivity index (χ4n) is 3.58. The van der Waals surface area contributed by atoms with Crippen molar-refractivity contribution in [2.75, 3.05) is 26.2 Å². The molecule has 4 rings (SSSR count). The first kappa shape index (κ1) is 20.3. The summed E-state index contributed by atoms with van der Waals surface area (Å²) >= 11 is 1.50. The van der Waals surface area contributed by atoms with Gasteiger partial charge in [-0.1, -0.05) is 5.16 Å². The first-order valence-corrected chi connectivity index (χ1v) is 10.6. The van der Waals surface area contributed by atoms with Crippen LogP contribution >= 0.6 is 11.3 Å². The smallest absolute Gasteiger partial charge is 0.292 e. The number of aromatic nitrogens is 3. The third-order valence-electron chi connectivity index (χ3n) is 5.42. The first-order chi connectivity index (χ1) is 14.3. The molecule has 0 radical (unpaired) electrons. The normalized spacial score (nSPS) is 14.5. The molecule has 0 aromatic carbocycles. The molecule has 158 valence electrons. The number of rotatable bonds is 4. The molecule has 3 aromatic heterocycles. The predicted molar refractivity (Wildman–Crippen MR) is 112 cm³/mol. The van der Waals surface area contributed by atoms with Crippen LogP contribution in [-0.4, -0.2) is 62.9 Å². The van der Waals surface area contributed by atoms with Crippen molar-refractivity contribution in [2.24, 2.45) is 0 Å². The molecular formula is C20H23N5O4S. The van der Waals surface area contributed by atoms with Gasteiger partial charge in [0.2, 0.25) is 11.7 Å². The summed E-state index contributed by atoms with van der Waals surface area (Å²) < 4.78 is 5.03. The minimum absolute atomic E-state index is 0.0149. The van der Waals surface area contributed by atoms with E-state index < -0.39 is 0 Å². The lowest BCUT2D eigenvalue weighted by Crippen LogP contribution is -2.50. The molecule has 1 N–H and O–H groups in total. The van der Waals surface area contributed by atoms with Gasteiger partial charge in [-0.2, -0.15) is 0 Å². The van der Waals surface area contributed by atoms with Gasteiger partial charge in [0.25, 0.3) is 11.5 Å². The number of hydrogen-bond acceptors (Lipinski definition) is 7. The molecule has 1 aliphatic heterocycles. The van der Waals surface area contributed by atoms with Gasteiger partial charge in [-0.3, -0.25) is 14.4 Å². The second kappa shape index (κ2) is 8.02. The number of carbonyl (C=O) groups is 2. The van der Waals surface area contributed by atoms with Gasteiger partial charge in [0.1, 0.15) is 10.7 Å². The molecular weight excluding hydrogens is 406 g/mol. The number of hydrogen-bond donors (Lipinski definition) is 1. The summed E-state index contributed by atoms with van der Waals surface area (Å²) in [6.07, 6.45) is 0.628. The number of thiophene rings is 1. The highest BCUT2D eigenvalue weighted by Gasteiger charge is 2.26. The van der Waals surface area contributed by atoms with Crippen LogP contribution in [0.5, 0.6) is 0 Å². The molecule has 30 heavy (non-hydrogen) atoms. The van der Waals surface area contributed by atoms with Gasteiger partial charge in [0.05, 0.1) is 11.1 Å². The molecule has 0 aliphatic carbocycles. The van der Waals surface area contributed by atoms with Crippen LogP contribution < -0.4 is 5.56 Å². The number of nitrogens with one attached hydrogen (secondary N) is 1. The van der Waals surface area contributed by atoms with Crippen molar-refractivity contribution in [3.63, 3.8) is 0 Å². The van der Waals surface area contributed by atoms with E-state index >= 15 is 0 Å². The van der Waals surface area contributed by atoms with Crippen LogP contribution in [0, 0.1) is 20.8 Å². The maximum absolute atomic E-state index is 12.6. The van der Waals surface area contributed by atoms with Crippen molar-refractivity contribution in [1.82, 2.24) is 24.9 Å². The topological polar surface area (TPSA) is 112 Å². The average Bonchev–Trinajstić information content (AvgIpc) is 3.29. The Morgan fingerprint density at radius 1 is 1.17 bits per heavy atom. The van der Waals surface area contributed by atoms with Gasteiger partial charge in [-0.15, -0.1) is 11.3 Å². The minimum Gasteiger partial charge on any atom is -0.351 e. The number of aromatic amines is 1. The van der Waals surface area contributed by atoms with Crippen LogP contribution in [0.2, 0.25) is 0 Å². The van der Waals surface area contributed by atoms with E-state index in [1.165, 1.54) is 11.3 Å². The average molecular weight is 430 g/mol. The summed E-state index contributed by atoms with van der Waals surface area (Å²) in [7, 11) is 0. The lowest BCUT2D eigenvalue weighted by Gasteiger charge is -2.34. The maximum Gasteiger partial charge on any atom is 0.292 e. The highest BCUT2D eigenvalue weighted by Crippen LogP contribution is 2.25. The van der Waals surface area contributed by atoms with Crippen LogP contribution in [0.4, 0.5) is 0 Å². The van der Waals surface area contributed by atoms with E-state index in [2.05, 4.69) is 15.1 Å². The molecule has 1 fully saturated rings. The number of aryl methyl sites for hydroxylation is 4.